The Bertz CT molecular complexity index is 659. The number of urea groups is 1. The predicted octanol–water partition coefficient (Wildman–Crippen LogP) is 2.89. The van der Waals surface area contributed by atoms with Crippen molar-refractivity contribution in [3.63, 3.8) is 0 Å². The zero-order chi connectivity index (χ0) is 15.4. The van der Waals surface area contributed by atoms with Gasteiger partial charge in [-0.25, -0.2) is 14.8 Å². The van der Waals surface area contributed by atoms with Crippen LogP contribution in [0, 0.1) is 0 Å². The second-order valence-electron chi connectivity index (χ2n) is 5.97. The molecule has 2 amide bonds. The number of carbonyl (C=O) groups is 1. The number of hydrogen-bond acceptors (Lipinski definition) is 3. The Kier molecular flexibility index (Phi) is 4.04. The summed E-state index contributed by atoms with van der Waals surface area (Å²) in [6.07, 6.45) is 6.37. The van der Waals surface area contributed by atoms with Crippen molar-refractivity contribution in [3.8, 4) is 0 Å². The number of aromatic nitrogens is 2. The molecular weight excluding hydrogens is 276 g/mol. The molecule has 5 heteroatoms. The first-order valence-electron chi connectivity index (χ1n) is 7.57. The van der Waals surface area contributed by atoms with Crippen molar-refractivity contribution < 1.29 is 4.79 Å². The number of anilines is 1. The molecule has 5 nitrogen and oxygen atoms in total. The molecule has 0 radical (unpaired) electrons. The molecular formula is C17H20N4O. The smallest absolute Gasteiger partial charge is 0.320 e. The molecule has 2 N–H and O–H groups in total. The quantitative estimate of drug-likeness (QED) is 0.915. The van der Waals surface area contributed by atoms with E-state index in [0.717, 1.165) is 19.3 Å². The summed E-state index contributed by atoms with van der Waals surface area (Å²) < 4.78 is 0. The normalized spacial score (nSPS) is 20.0. The highest BCUT2D eigenvalue weighted by atomic mass is 16.2. The molecule has 0 aliphatic heterocycles. The van der Waals surface area contributed by atoms with Crippen LogP contribution in [-0.4, -0.2) is 22.5 Å². The maximum atomic E-state index is 12.0. The van der Waals surface area contributed by atoms with E-state index >= 15 is 0 Å². The minimum absolute atomic E-state index is 0.0160. The number of nitrogens with one attached hydrogen (secondary N) is 2. The van der Waals surface area contributed by atoms with Gasteiger partial charge in [0, 0.05) is 18.2 Å². The Morgan fingerprint density at radius 3 is 3.00 bits per heavy atom. The van der Waals surface area contributed by atoms with Crippen LogP contribution in [0.3, 0.4) is 0 Å². The minimum Gasteiger partial charge on any atom is -0.337 e. The van der Waals surface area contributed by atoms with Gasteiger partial charge in [-0.05, 0) is 36.5 Å². The Morgan fingerprint density at radius 1 is 1.32 bits per heavy atom. The molecule has 0 fully saturated rings. The van der Waals surface area contributed by atoms with Crippen molar-refractivity contribution in [1.29, 1.82) is 0 Å². The van der Waals surface area contributed by atoms with Crippen molar-refractivity contribution in [1.82, 2.24) is 15.3 Å². The molecule has 3 rings (SSSR count). The third kappa shape index (κ3) is 3.08. The molecule has 0 spiro atoms. The van der Waals surface area contributed by atoms with Gasteiger partial charge in [-0.2, -0.15) is 0 Å². The zero-order valence-corrected chi connectivity index (χ0v) is 12.7. The summed E-state index contributed by atoms with van der Waals surface area (Å²) in [7, 11) is 0. The lowest BCUT2D eigenvalue weighted by atomic mass is 9.71. The Hall–Kier alpha value is -2.43. The van der Waals surface area contributed by atoms with E-state index in [9.17, 15) is 4.79 Å². The fourth-order valence-corrected chi connectivity index (χ4v) is 3.11. The van der Waals surface area contributed by atoms with Crippen molar-refractivity contribution in [3.05, 3.63) is 54.0 Å². The summed E-state index contributed by atoms with van der Waals surface area (Å²) in [5.41, 5.74) is 2.73. The molecule has 1 atom stereocenters. The second kappa shape index (κ2) is 6.13. The van der Waals surface area contributed by atoms with Crippen LogP contribution in [0.25, 0.3) is 0 Å². The van der Waals surface area contributed by atoms with E-state index in [1.807, 2.05) is 0 Å². The van der Waals surface area contributed by atoms with Gasteiger partial charge >= 0.3 is 6.03 Å². The van der Waals surface area contributed by atoms with Gasteiger partial charge in [0.15, 0.2) is 0 Å². The summed E-state index contributed by atoms with van der Waals surface area (Å²) >= 11 is 0. The molecule has 22 heavy (non-hydrogen) atoms. The standard InChI is InChI=1S/C17H20N4O/c1-17(9-4-6-13-5-2-3-7-14(13)17)11-19-16(22)21-15-8-10-18-12-20-15/h2-3,5,7-8,10,12H,4,6,9,11H2,1H3,(H2,18,19,20,21,22). The monoisotopic (exact) mass is 296 g/mol. The van der Waals surface area contributed by atoms with Crippen LogP contribution < -0.4 is 10.6 Å². The first kappa shape index (κ1) is 14.5. The number of fused-ring (bicyclic) bond motifs is 1. The third-order valence-electron chi connectivity index (χ3n) is 4.30. The molecule has 1 aliphatic carbocycles. The van der Waals surface area contributed by atoms with Gasteiger partial charge in [0.25, 0.3) is 0 Å². The van der Waals surface area contributed by atoms with Gasteiger partial charge < -0.3 is 5.32 Å². The predicted molar refractivity (Wildman–Crippen MR) is 85.8 cm³/mol. The lowest BCUT2D eigenvalue weighted by Crippen LogP contribution is -2.42. The summed E-state index contributed by atoms with van der Waals surface area (Å²) in [6, 6.07) is 9.95. The highest BCUT2D eigenvalue weighted by Gasteiger charge is 2.31. The highest BCUT2D eigenvalue weighted by Crippen LogP contribution is 2.36. The van der Waals surface area contributed by atoms with Crippen LogP contribution in [0.4, 0.5) is 10.6 Å². The van der Waals surface area contributed by atoms with E-state index in [4.69, 9.17) is 0 Å². The van der Waals surface area contributed by atoms with Crippen LogP contribution in [0.15, 0.2) is 42.9 Å². The topological polar surface area (TPSA) is 66.9 Å². The average Bonchev–Trinajstić information content (AvgIpc) is 2.55. The number of carbonyl (C=O) groups excluding carboxylic acids is 1. The van der Waals surface area contributed by atoms with Gasteiger partial charge in [-0.1, -0.05) is 31.2 Å². The molecule has 1 aromatic heterocycles. The van der Waals surface area contributed by atoms with E-state index in [1.54, 1.807) is 12.3 Å². The molecule has 1 aliphatic rings. The van der Waals surface area contributed by atoms with E-state index in [0.29, 0.717) is 12.4 Å². The number of nitrogens with zero attached hydrogens (tertiary/aromatic N) is 2. The largest absolute Gasteiger partial charge is 0.337 e. The summed E-state index contributed by atoms with van der Waals surface area (Å²) in [5.74, 6) is 0.502. The van der Waals surface area contributed by atoms with E-state index in [-0.39, 0.29) is 11.4 Å². The van der Waals surface area contributed by atoms with Gasteiger partial charge in [0.05, 0.1) is 0 Å². The fourth-order valence-electron chi connectivity index (χ4n) is 3.11. The Balaban J connectivity index is 1.65. The maximum absolute atomic E-state index is 12.0. The summed E-state index contributed by atoms with van der Waals surface area (Å²) in [6.45, 7) is 2.83. The number of aryl methyl sites for hydroxylation is 1. The Morgan fingerprint density at radius 2 is 2.18 bits per heavy atom. The first-order valence-corrected chi connectivity index (χ1v) is 7.57. The molecule has 0 saturated heterocycles. The second-order valence-corrected chi connectivity index (χ2v) is 5.97. The number of hydrogen-bond donors (Lipinski definition) is 2. The van der Waals surface area contributed by atoms with Gasteiger partial charge in [-0.15, -0.1) is 0 Å². The van der Waals surface area contributed by atoms with Crippen LogP contribution in [0.1, 0.15) is 30.9 Å². The highest BCUT2D eigenvalue weighted by molar-refractivity contribution is 5.88. The van der Waals surface area contributed by atoms with Crippen molar-refractivity contribution >= 4 is 11.8 Å². The molecule has 1 unspecified atom stereocenters. The molecule has 2 aromatic rings. The van der Waals surface area contributed by atoms with Crippen molar-refractivity contribution in [2.75, 3.05) is 11.9 Å². The minimum atomic E-state index is -0.233. The first-order chi connectivity index (χ1) is 10.7. The number of benzene rings is 1. The van der Waals surface area contributed by atoms with Gasteiger partial charge in [0.2, 0.25) is 0 Å². The van der Waals surface area contributed by atoms with Gasteiger partial charge in [-0.3, -0.25) is 5.32 Å². The van der Waals surface area contributed by atoms with Crippen LogP contribution in [-0.2, 0) is 11.8 Å². The van der Waals surface area contributed by atoms with Crippen molar-refractivity contribution in [2.24, 2.45) is 0 Å². The summed E-state index contributed by atoms with van der Waals surface area (Å²) in [5, 5.41) is 5.69. The van der Waals surface area contributed by atoms with E-state index < -0.39 is 0 Å². The summed E-state index contributed by atoms with van der Waals surface area (Å²) in [4.78, 5) is 19.8. The number of rotatable bonds is 3. The number of amides is 2. The zero-order valence-electron chi connectivity index (χ0n) is 12.7. The maximum Gasteiger partial charge on any atom is 0.320 e. The lowest BCUT2D eigenvalue weighted by molar-refractivity contribution is 0.247. The lowest BCUT2D eigenvalue weighted by Gasteiger charge is -2.36. The average molecular weight is 296 g/mol. The van der Waals surface area contributed by atoms with Crippen LogP contribution in [0.2, 0.25) is 0 Å². The third-order valence-corrected chi connectivity index (χ3v) is 4.30. The van der Waals surface area contributed by atoms with E-state index in [1.165, 1.54) is 17.5 Å². The van der Waals surface area contributed by atoms with Gasteiger partial charge in [0.1, 0.15) is 12.1 Å². The van der Waals surface area contributed by atoms with E-state index in [2.05, 4.69) is 51.8 Å². The SMILES string of the molecule is CC1(CNC(=O)Nc2ccncn2)CCCc2ccccc21. The van der Waals surface area contributed by atoms with Crippen LogP contribution >= 0.6 is 0 Å². The molecule has 1 heterocycles. The molecule has 0 bridgehead atoms. The molecule has 1 aromatic carbocycles. The molecule has 0 saturated carbocycles. The Labute approximate surface area is 130 Å². The fraction of sp³-hybridized carbons (Fsp3) is 0.353. The van der Waals surface area contributed by atoms with Crippen molar-refractivity contribution in [2.45, 2.75) is 31.6 Å². The molecule has 114 valence electrons. The van der Waals surface area contributed by atoms with Crippen LogP contribution in [0.5, 0.6) is 0 Å².